The number of halogens is 1. The molecule has 8 heteroatoms. The van der Waals surface area contributed by atoms with Crippen LogP contribution >= 0.6 is 0 Å². The molecule has 0 unspecified atom stereocenters. The van der Waals surface area contributed by atoms with E-state index in [2.05, 4.69) is 9.97 Å². The standard InChI is InChI=1S/C18H18FN5O2/c19-13-4-1-2-5-14(13)24-16(25)12-15(17(24)26)22-8-10-23(11-9-22)18-20-6-3-7-21-18/h1-7,15H,8-12H2/t15-/m0/s1. The number of benzene rings is 1. The van der Waals surface area contributed by atoms with Crippen LogP contribution in [0.1, 0.15) is 6.42 Å². The second-order valence-corrected chi connectivity index (χ2v) is 6.31. The van der Waals surface area contributed by atoms with Gasteiger partial charge in [0.15, 0.2) is 0 Å². The number of carbonyl (C=O) groups is 2. The molecule has 2 aliphatic rings. The van der Waals surface area contributed by atoms with Gasteiger partial charge in [-0.15, -0.1) is 0 Å². The molecule has 134 valence electrons. The Morgan fingerprint density at radius 3 is 2.35 bits per heavy atom. The molecule has 1 atom stereocenters. The van der Waals surface area contributed by atoms with E-state index in [-0.39, 0.29) is 23.9 Å². The number of amides is 2. The molecule has 7 nitrogen and oxygen atoms in total. The molecular weight excluding hydrogens is 337 g/mol. The van der Waals surface area contributed by atoms with Crippen LogP contribution in [0, 0.1) is 5.82 Å². The lowest BCUT2D eigenvalue weighted by Crippen LogP contribution is -2.53. The topological polar surface area (TPSA) is 69.6 Å². The summed E-state index contributed by atoms with van der Waals surface area (Å²) in [7, 11) is 0. The van der Waals surface area contributed by atoms with Crippen LogP contribution < -0.4 is 9.80 Å². The van der Waals surface area contributed by atoms with E-state index in [0.717, 1.165) is 4.90 Å². The highest BCUT2D eigenvalue weighted by molar-refractivity contribution is 6.22. The zero-order valence-corrected chi connectivity index (χ0v) is 14.1. The van der Waals surface area contributed by atoms with Crippen LogP contribution in [-0.2, 0) is 9.59 Å². The van der Waals surface area contributed by atoms with Crippen molar-refractivity contribution in [2.45, 2.75) is 12.5 Å². The van der Waals surface area contributed by atoms with Crippen LogP contribution in [0.5, 0.6) is 0 Å². The highest BCUT2D eigenvalue weighted by atomic mass is 19.1. The predicted molar refractivity (Wildman–Crippen MR) is 93.1 cm³/mol. The SMILES string of the molecule is O=C1C[C@H](N2CCN(c3ncccn3)CC2)C(=O)N1c1ccccc1F. The lowest BCUT2D eigenvalue weighted by Gasteiger charge is -2.36. The smallest absolute Gasteiger partial charge is 0.251 e. The Labute approximate surface area is 150 Å². The Morgan fingerprint density at radius 1 is 0.962 bits per heavy atom. The summed E-state index contributed by atoms with van der Waals surface area (Å²) < 4.78 is 14.0. The molecule has 0 saturated carbocycles. The summed E-state index contributed by atoms with van der Waals surface area (Å²) >= 11 is 0. The van der Waals surface area contributed by atoms with Crippen molar-refractivity contribution in [3.63, 3.8) is 0 Å². The Morgan fingerprint density at radius 2 is 1.65 bits per heavy atom. The van der Waals surface area contributed by atoms with Gasteiger partial charge in [0.05, 0.1) is 18.2 Å². The normalized spacial score (nSPS) is 21.5. The molecule has 2 amide bonds. The third-order valence-corrected chi connectivity index (χ3v) is 4.81. The average Bonchev–Trinajstić information content (AvgIpc) is 2.97. The number of carbonyl (C=O) groups excluding carboxylic acids is 2. The molecule has 0 bridgehead atoms. The van der Waals surface area contributed by atoms with Gasteiger partial charge in [-0.2, -0.15) is 0 Å². The third kappa shape index (κ3) is 2.92. The Bertz CT molecular complexity index is 823. The van der Waals surface area contributed by atoms with Gasteiger partial charge in [-0.3, -0.25) is 14.5 Å². The summed E-state index contributed by atoms with van der Waals surface area (Å²) in [5.74, 6) is -0.627. The number of piperazine rings is 1. The quantitative estimate of drug-likeness (QED) is 0.767. The fraction of sp³-hybridized carbons (Fsp3) is 0.333. The van der Waals surface area contributed by atoms with Crippen LogP contribution in [0.3, 0.4) is 0 Å². The van der Waals surface area contributed by atoms with Crippen LogP contribution in [0.15, 0.2) is 42.7 Å². The van der Waals surface area contributed by atoms with E-state index in [1.165, 1.54) is 18.2 Å². The number of para-hydroxylation sites is 1. The summed E-state index contributed by atoms with van der Waals surface area (Å²) in [6, 6.07) is 7.08. The zero-order valence-electron chi connectivity index (χ0n) is 14.1. The summed E-state index contributed by atoms with van der Waals surface area (Å²) in [6.45, 7) is 2.57. The Balaban J connectivity index is 1.46. The molecule has 0 N–H and O–H groups in total. The molecule has 2 aromatic rings. The molecular formula is C18H18FN5O2. The highest BCUT2D eigenvalue weighted by Crippen LogP contribution is 2.28. The van der Waals surface area contributed by atoms with Crippen molar-refractivity contribution in [3.8, 4) is 0 Å². The van der Waals surface area contributed by atoms with Gasteiger partial charge in [0.25, 0.3) is 5.91 Å². The van der Waals surface area contributed by atoms with E-state index >= 15 is 0 Å². The van der Waals surface area contributed by atoms with E-state index < -0.39 is 11.9 Å². The first-order chi connectivity index (χ1) is 12.6. The van der Waals surface area contributed by atoms with Crippen molar-refractivity contribution < 1.29 is 14.0 Å². The second kappa shape index (κ2) is 6.80. The first-order valence-electron chi connectivity index (χ1n) is 8.52. The van der Waals surface area contributed by atoms with Gasteiger partial charge in [-0.1, -0.05) is 12.1 Å². The van der Waals surface area contributed by atoms with Gasteiger partial charge < -0.3 is 4.90 Å². The summed E-state index contributed by atoms with van der Waals surface area (Å²) in [5, 5.41) is 0. The highest BCUT2D eigenvalue weighted by Gasteiger charge is 2.44. The van der Waals surface area contributed by atoms with Crippen molar-refractivity contribution in [1.82, 2.24) is 14.9 Å². The van der Waals surface area contributed by atoms with Gasteiger partial charge in [0.1, 0.15) is 5.82 Å². The second-order valence-electron chi connectivity index (χ2n) is 6.31. The molecule has 2 fully saturated rings. The maximum atomic E-state index is 14.0. The number of aromatic nitrogens is 2. The van der Waals surface area contributed by atoms with E-state index in [0.29, 0.717) is 32.1 Å². The molecule has 2 aliphatic heterocycles. The number of anilines is 2. The minimum absolute atomic E-state index is 0.0290. The van der Waals surface area contributed by atoms with Crippen LogP contribution in [0.25, 0.3) is 0 Å². The Hall–Kier alpha value is -2.87. The van der Waals surface area contributed by atoms with E-state index in [1.54, 1.807) is 24.5 Å². The third-order valence-electron chi connectivity index (χ3n) is 4.81. The molecule has 0 spiro atoms. The van der Waals surface area contributed by atoms with Gasteiger partial charge in [-0.05, 0) is 18.2 Å². The molecule has 26 heavy (non-hydrogen) atoms. The van der Waals surface area contributed by atoms with Gasteiger partial charge >= 0.3 is 0 Å². The number of hydrogen-bond acceptors (Lipinski definition) is 6. The van der Waals surface area contributed by atoms with E-state index in [9.17, 15) is 14.0 Å². The van der Waals surface area contributed by atoms with Crippen molar-refractivity contribution in [1.29, 1.82) is 0 Å². The van der Waals surface area contributed by atoms with Crippen molar-refractivity contribution >= 4 is 23.5 Å². The van der Waals surface area contributed by atoms with Gasteiger partial charge in [0, 0.05) is 38.6 Å². The molecule has 1 aromatic heterocycles. The Kier molecular flexibility index (Phi) is 4.34. The number of hydrogen-bond donors (Lipinski definition) is 0. The molecule has 2 saturated heterocycles. The minimum Gasteiger partial charge on any atom is -0.338 e. The predicted octanol–water partition coefficient (Wildman–Crippen LogP) is 1.07. The summed E-state index contributed by atoms with van der Waals surface area (Å²) in [4.78, 5) is 38.6. The van der Waals surface area contributed by atoms with Crippen molar-refractivity contribution in [2.75, 3.05) is 36.0 Å². The zero-order chi connectivity index (χ0) is 18.1. The lowest BCUT2D eigenvalue weighted by molar-refractivity contribution is -0.123. The van der Waals surface area contributed by atoms with Crippen molar-refractivity contribution in [3.05, 3.63) is 48.5 Å². The number of nitrogens with zero attached hydrogens (tertiary/aromatic N) is 5. The summed E-state index contributed by atoms with van der Waals surface area (Å²) in [5.41, 5.74) is 0.0290. The monoisotopic (exact) mass is 355 g/mol. The van der Waals surface area contributed by atoms with Crippen LogP contribution in [0.2, 0.25) is 0 Å². The number of rotatable bonds is 3. The fourth-order valence-corrected chi connectivity index (χ4v) is 3.48. The molecule has 0 aliphatic carbocycles. The number of imide groups is 1. The van der Waals surface area contributed by atoms with Gasteiger partial charge in [-0.25, -0.2) is 19.3 Å². The summed E-state index contributed by atoms with van der Waals surface area (Å²) in [6.07, 6.45) is 3.47. The first-order valence-corrected chi connectivity index (χ1v) is 8.52. The van der Waals surface area contributed by atoms with Gasteiger partial charge in [0.2, 0.25) is 11.9 Å². The average molecular weight is 355 g/mol. The fourth-order valence-electron chi connectivity index (χ4n) is 3.48. The lowest BCUT2D eigenvalue weighted by atomic mass is 10.2. The van der Waals surface area contributed by atoms with Crippen LogP contribution in [-0.4, -0.2) is 58.9 Å². The van der Waals surface area contributed by atoms with Crippen LogP contribution in [0.4, 0.5) is 16.0 Å². The van der Waals surface area contributed by atoms with Crippen molar-refractivity contribution in [2.24, 2.45) is 0 Å². The first kappa shape index (κ1) is 16.6. The molecule has 0 radical (unpaired) electrons. The molecule has 1 aromatic carbocycles. The maximum Gasteiger partial charge on any atom is 0.251 e. The van der Waals surface area contributed by atoms with E-state index in [4.69, 9.17) is 0 Å². The minimum atomic E-state index is -0.569. The largest absolute Gasteiger partial charge is 0.338 e. The van der Waals surface area contributed by atoms with E-state index in [1.807, 2.05) is 9.80 Å². The molecule has 4 rings (SSSR count). The molecule has 3 heterocycles. The maximum absolute atomic E-state index is 14.0.